The molecule has 2 aliphatic heterocycles. The molecule has 144 valence electrons. The molecule has 2 heterocycles. The van der Waals surface area contributed by atoms with Crippen LogP contribution in [-0.2, 0) is 4.79 Å². The van der Waals surface area contributed by atoms with Gasteiger partial charge in [-0.3, -0.25) is 9.69 Å². The van der Waals surface area contributed by atoms with E-state index in [1.54, 1.807) is 0 Å². The summed E-state index contributed by atoms with van der Waals surface area (Å²) in [4.78, 5) is 17.6. The van der Waals surface area contributed by atoms with Crippen molar-refractivity contribution in [2.45, 2.75) is 58.9 Å². The number of likely N-dealkylation sites (tertiary alicyclic amines) is 2. The van der Waals surface area contributed by atoms with Crippen LogP contribution < -0.4 is 5.32 Å². The first kappa shape index (κ1) is 24.0. The summed E-state index contributed by atoms with van der Waals surface area (Å²) in [5.41, 5.74) is 0. The average molecular weight is 382 g/mol. The number of carbonyl (C=O) groups excluding carboxylic acids is 1. The summed E-state index contributed by atoms with van der Waals surface area (Å²) >= 11 is 0. The van der Waals surface area contributed by atoms with E-state index in [0.717, 1.165) is 58.0 Å². The molecule has 24 heavy (non-hydrogen) atoms. The monoisotopic (exact) mass is 381 g/mol. The van der Waals surface area contributed by atoms with Crippen molar-refractivity contribution in [3.05, 3.63) is 0 Å². The molecule has 1 unspecified atom stereocenters. The van der Waals surface area contributed by atoms with E-state index in [0.29, 0.717) is 11.8 Å². The molecule has 0 bridgehead atoms. The maximum absolute atomic E-state index is 13.0. The molecule has 0 aromatic heterocycles. The topological polar surface area (TPSA) is 35.6 Å². The van der Waals surface area contributed by atoms with E-state index in [1.807, 2.05) is 0 Å². The lowest BCUT2D eigenvalue weighted by molar-refractivity contribution is -0.140. The first-order chi connectivity index (χ1) is 10.6. The summed E-state index contributed by atoms with van der Waals surface area (Å²) in [5.74, 6) is 1.54. The van der Waals surface area contributed by atoms with Crippen LogP contribution in [0.25, 0.3) is 0 Å². The lowest BCUT2D eigenvalue weighted by Gasteiger charge is -2.40. The van der Waals surface area contributed by atoms with Crippen LogP contribution in [0.3, 0.4) is 0 Å². The van der Waals surface area contributed by atoms with E-state index >= 15 is 0 Å². The van der Waals surface area contributed by atoms with Crippen LogP contribution in [0.2, 0.25) is 0 Å². The predicted molar refractivity (Wildman–Crippen MR) is 106 cm³/mol. The van der Waals surface area contributed by atoms with Crippen molar-refractivity contribution in [1.82, 2.24) is 15.1 Å². The Hall–Kier alpha value is -0.0300. The van der Waals surface area contributed by atoms with Crippen LogP contribution in [-0.4, -0.2) is 61.0 Å². The highest BCUT2D eigenvalue weighted by atomic mass is 35.5. The first-order valence-corrected chi connectivity index (χ1v) is 9.37. The number of amides is 1. The molecular formula is C18H37Cl2N3O. The molecule has 0 spiro atoms. The van der Waals surface area contributed by atoms with Crippen molar-refractivity contribution < 1.29 is 4.79 Å². The number of nitrogens with zero attached hydrogens (tertiary/aromatic N) is 2. The summed E-state index contributed by atoms with van der Waals surface area (Å²) < 4.78 is 0. The van der Waals surface area contributed by atoms with Gasteiger partial charge in [-0.1, -0.05) is 27.2 Å². The largest absolute Gasteiger partial charge is 0.341 e. The van der Waals surface area contributed by atoms with E-state index < -0.39 is 0 Å². The highest BCUT2D eigenvalue weighted by Crippen LogP contribution is 2.23. The van der Waals surface area contributed by atoms with E-state index in [-0.39, 0.29) is 30.9 Å². The van der Waals surface area contributed by atoms with E-state index in [9.17, 15) is 4.79 Å². The van der Waals surface area contributed by atoms with Crippen LogP contribution in [0.15, 0.2) is 0 Å². The van der Waals surface area contributed by atoms with Crippen molar-refractivity contribution in [3.8, 4) is 0 Å². The maximum atomic E-state index is 13.0. The lowest BCUT2D eigenvalue weighted by atomic mass is 9.93. The van der Waals surface area contributed by atoms with Crippen molar-refractivity contribution in [2.24, 2.45) is 11.8 Å². The van der Waals surface area contributed by atoms with Crippen molar-refractivity contribution in [3.63, 3.8) is 0 Å². The smallest absolute Gasteiger partial charge is 0.240 e. The molecule has 1 atom stereocenters. The molecule has 4 nitrogen and oxygen atoms in total. The molecule has 0 aromatic rings. The molecule has 2 fully saturated rings. The van der Waals surface area contributed by atoms with Gasteiger partial charge in [0, 0.05) is 13.1 Å². The highest BCUT2D eigenvalue weighted by Gasteiger charge is 2.34. The Morgan fingerprint density at radius 2 is 1.62 bits per heavy atom. The Morgan fingerprint density at radius 3 is 2.12 bits per heavy atom. The van der Waals surface area contributed by atoms with Crippen LogP contribution in [0.1, 0.15) is 52.9 Å². The van der Waals surface area contributed by atoms with Crippen LogP contribution in [0.5, 0.6) is 0 Å². The Morgan fingerprint density at radius 1 is 1.04 bits per heavy atom. The second-order valence-electron chi connectivity index (χ2n) is 7.36. The minimum absolute atomic E-state index is 0. The van der Waals surface area contributed by atoms with E-state index in [4.69, 9.17) is 0 Å². The quantitative estimate of drug-likeness (QED) is 0.766. The molecule has 0 aromatic carbocycles. The molecule has 0 aliphatic carbocycles. The van der Waals surface area contributed by atoms with Crippen LogP contribution >= 0.6 is 24.8 Å². The zero-order valence-electron chi connectivity index (χ0n) is 15.6. The summed E-state index contributed by atoms with van der Waals surface area (Å²) in [7, 11) is 0. The number of hydrogen-bond donors (Lipinski definition) is 1. The molecule has 0 radical (unpaired) electrons. The van der Waals surface area contributed by atoms with Gasteiger partial charge in [0.25, 0.3) is 0 Å². The molecule has 6 heteroatoms. The van der Waals surface area contributed by atoms with Gasteiger partial charge in [-0.15, -0.1) is 24.8 Å². The van der Waals surface area contributed by atoms with Gasteiger partial charge < -0.3 is 10.2 Å². The molecule has 0 saturated carbocycles. The Bertz CT molecular complexity index is 341. The minimum atomic E-state index is 0. The number of nitrogens with one attached hydrogen (secondary N) is 1. The third-order valence-corrected chi connectivity index (χ3v) is 5.28. The minimum Gasteiger partial charge on any atom is -0.341 e. The van der Waals surface area contributed by atoms with Gasteiger partial charge in [-0.05, 0) is 63.7 Å². The van der Waals surface area contributed by atoms with Gasteiger partial charge >= 0.3 is 0 Å². The van der Waals surface area contributed by atoms with Crippen LogP contribution in [0.4, 0.5) is 0 Å². The fourth-order valence-corrected chi connectivity index (χ4v) is 3.95. The van der Waals surface area contributed by atoms with Crippen molar-refractivity contribution in [1.29, 1.82) is 0 Å². The molecule has 1 amide bonds. The zero-order chi connectivity index (χ0) is 15.9. The average Bonchev–Trinajstić information content (AvgIpc) is 2.54. The normalized spacial score (nSPS) is 21.1. The predicted octanol–water partition coefficient (Wildman–Crippen LogP) is 3.19. The van der Waals surface area contributed by atoms with Gasteiger partial charge in [-0.25, -0.2) is 0 Å². The Labute approximate surface area is 160 Å². The number of carbonyl (C=O) groups is 1. The maximum Gasteiger partial charge on any atom is 0.240 e. The molecular weight excluding hydrogens is 345 g/mol. The number of halogens is 2. The third kappa shape index (κ3) is 6.70. The molecule has 2 rings (SSSR count). The number of hydrogen-bond acceptors (Lipinski definition) is 3. The van der Waals surface area contributed by atoms with Gasteiger partial charge in [0.15, 0.2) is 0 Å². The second kappa shape index (κ2) is 12.3. The lowest BCUT2D eigenvalue weighted by Crippen LogP contribution is -2.54. The zero-order valence-corrected chi connectivity index (χ0v) is 17.3. The fraction of sp³-hybridized carbons (Fsp3) is 0.944. The summed E-state index contributed by atoms with van der Waals surface area (Å²) in [6, 6.07) is 0.102. The number of piperidine rings is 2. The number of rotatable bonds is 6. The van der Waals surface area contributed by atoms with E-state index in [1.165, 1.54) is 19.3 Å². The summed E-state index contributed by atoms with van der Waals surface area (Å²) in [6.07, 6.45) is 6.14. The Kier molecular flexibility index (Phi) is 12.3. The van der Waals surface area contributed by atoms with Crippen molar-refractivity contribution in [2.75, 3.05) is 39.3 Å². The standard InChI is InChI=1S/C18H35N3O.2ClH/c1-4-19-14-16-8-12-21(13-9-16)18(22)17(15(2)3)20-10-6-5-7-11-20;;/h15-17,19H,4-14H2,1-3H3;2*1H. The molecule has 2 aliphatic rings. The third-order valence-electron chi connectivity index (χ3n) is 5.28. The molecule has 1 N–H and O–H groups in total. The summed E-state index contributed by atoms with van der Waals surface area (Å²) in [6.45, 7) is 12.8. The van der Waals surface area contributed by atoms with Gasteiger partial charge in [0.2, 0.25) is 5.91 Å². The Balaban J connectivity index is 0.00000264. The van der Waals surface area contributed by atoms with Crippen molar-refractivity contribution >= 4 is 30.7 Å². The fourth-order valence-electron chi connectivity index (χ4n) is 3.95. The van der Waals surface area contributed by atoms with Gasteiger partial charge in [0.05, 0.1) is 6.04 Å². The first-order valence-electron chi connectivity index (χ1n) is 9.37. The summed E-state index contributed by atoms with van der Waals surface area (Å²) in [5, 5.41) is 3.44. The SMILES string of the molecule is CCNCC1CCN(C(=O)C(C(C)C)N2CCCCC2)CC1.Cl.Cl. The van der Waals surface area contributed by atoms with E-state index in [2.05, 4.69) is 35.9 Å². The highest BCUT2D eigenvalue weighted by molar-refractivity contribution is 5.85. The van der Waals surface area contributed by atoms with Gasteiger partial charge in [0.1, 0.15) is 0 Å². The van der Waals surface area contributed by atoms with Crippen LogP contribution in [0, 0.1) is 11.8 Å². The van der Waals surface area contributed by atoms with Gasteiger partial charge in [-0.2, -0.15) is 0 Å². The molecule has 2 saturated heterocycles. The second-order valence-corrected chi connectivity index (χ2v) is 7.36.